The van der Waals surface area contributed by atoms with Crippen LogP contribution in [0.3, 0.4) is 0 Å². The number of carbonyl (C=O) groups excluding carboxylic acids is 1. The number of nitrogens with zero attached hydrogens (tertiary/aromatic N) is 3. The second kappa shape index (κ2) is 11.0. The van der Waals surface area contributed by atoms with Crippen molar-refractivity contribution in [3.05, 3.63) is 51.9 Å². The molecule has 1 saturated heterocycles. The van der Waals surface area contributed by atoms with Crippen molar-refractivity contribution in [1.82, 2.24) is 19.7 Å². The molecule has 1 aromatic carbocycles. The van der Waals surface area contributed by atoms with Crippen LogP contribution in [0.15, 0.2) is 18.5 Å². The van der Waals surface area contributed by atoms with Crippen molar-refractivity contribution in [2.24, 2.45) is 5.92 Å². The molecule has 1 amide bonds. The van der Waals surface area contributed by atoms with Crippen LogP contribution in [-0.2, 0) is 9.78 Å². The molecule has 3 N–H and O–H groups in total. The van der Waals surface area contributed by atoms with E-state index >= 15 is 4.39 Å². The molecule has 3 heterocycles. The lowest BCUT2D eigenvalue weighted by molar-refractivity contribution is 0.0635. The summed E-state index contributed by atoms with van der Waals surface area (Å²) in [4.78, 5) is 22.3. The molecule has 1 fully saturated rings. The molecule has 197 valence electrons. The number of hydrogen-bond donors (Lipinski definition) is 2. The van der Waals surface area contributed by atoms with Crippen LogP contribution in [0.4, 0.5) is 10.2 Å². The fraction of sp³-hybridized carbons (Fsp3) is 0.500. The molecule has 0 bridgehead atoms. The number of hydrogen-bond acceptors (Lipinski definition) is 6. The van der Waals surface area contributed by atoms with E-state index in [1.165, 1.54) is 6.07 Å². The number of imidazole rings is 1. The van der Waals surface area contributed by atoms with Gasteiger partial charge >= 0.3 is 0 Å². The van der Waals surface area contributed by atoms with Crippen molar-refractivity contribution in [2.75, 3.05) is 25.5 Å². The van der Waals surface area contributed by atoms with E-state index in [9.17, 15) is 4.79 Å². The second-order valence-corrected chi connectivity index (χ2v) is 11.3. The van der Waals surface area contributed by atoms with E-state index in [2.05, 4.69) is 20.5 Å². The van der Waals surface area contributed by atoms with Crippen LogP contribution in [0.1, 0.15) is 67.5 Å². The Bertz CT molecular complexity index is 1310. The molecule has 0 saturated carbocycles. The number of anilines is 1. The highest BCUT2D eigenvalue weighted by Gasteiger charge is 2.37. The number of benzene rings is 1. The number of amides is 1. The van der Waals surface area contributed by atoms with Crippen LogP contribution in [0.5, 0.6) is 5.75 Å². The van der Waals surface area contributed by atoms with Gasteiger partial charge in [-0.05, 0) is 52.0 Å². The van der Waals surface area contributed by atoms with Crippen molar-refractivity contribution in [3.63, 3.8) is 0 Å². The van der Waals surface area contributed by atoms with Crippen molar-refractivity contribution < 1.29 is 18.7 Å². The third-order valence-corrected chi connectivity index (χ3v) is 7.44. The summed E-state index contributed by atoms with van der Waals surface area (Å²) in [5.74, 6) is 0.0438. The van der Waals surface area contributed by atoms with Gasteiger partial charge in [-0.3, -0.25) is 9.20 Å². The predicted octanol–water partition coefficient (Wildman–Crippen LogP) is 4.18. The highest BCUT2D eigenvalue weighted by atomic mass is 35.5. The number of carbonyl (C=O) groups is 1. The zero-order chi connectivity index (χ0) is 26.9. The summed E-state index contributed by atoms with van der Waals surface area (Å²) in [6.45, 7) is 9.17. The number of aryl methyl sites for hydroxylation is 1. The Balaban J connectivity index is 1.77. The molecular weight excluding hydrogens is 513 g/mol. The SMILES string of the molecule is Cc1nc([C@@](C)([Si])c2cc(Cl)c(F)c(C(=O)NCCC3CCOCC3)c2OC(C)C)n2ccnc(N)c12. The van der Waals surface area contributed by atoms with Gasteiger partial charge in [0.2, 0.25) is 0 Å². The monoisotopic (exact) mass is 544 g/mol. The molecule has 4 rings (SSSR count). The predicted molar refractivity (Wildman–Crippen MR) is 142 cm³/mol. The number of halogens is 2. The molecule has 1 atom stereocenters. The lowest BCUT2D eigenvalue weighted by atomic mass is 9.94. The summed E-state index contributed by atoms with van der Waals surface area (Å²) < 4.78 is 28.8. The quantitative estimate of drug-likeness (QED) is 0.412. The molecule has 1 aliphatic heterocycles. The Labute approximate surface area is 224 Å². The van der Waals surface area contributed by atoms with Gasteiger partial charge in [-0.1, -0.05) is 18.5 Å². The molecular formula is C26H32ClFN5O3Si. The van der Waals surface area contributed by atoms with Gasteiger partial charge in [-0.25, -0.2) is 14.4 Å². The van der Waals surface area contributed by atoms with Crippen molar-refractivity contribution in [2.45, 2.75) is 58.1 Å². The molecule has 0 spiro atoms. The van der Waals surface area contributed by atoms with Gasteiger partial charge in [0.15, 0.2) is 5.82 Å². The van der Waals surface area contributed by atoms with E-state index in [0.717, 1.165) is 32.5 Å². The Kier molecular flexibility index (Phi) is 8.10. The second-order valence-electron chi connectivity index (χ2n) is 9.87. The molecule has 3 radical (unpaired) electrons. The minimum absolute atomic E-state index is 0.106. The molecule has 0 unspecified atom stereocenters. The summed E-state index contributed by atoms with van der Waals surface area (Å²) in [6, 6.07) is 1.47. The van der Waals surface area contributed by atoms with Crippen LogP contribution in [-0.4, -0.2) is 56.4 Å². The smallest absolute Gasteiger partial charge is 0.258 e. The van der Waals surface area contributed by atoms with Crippen molar-refractivity contribution in [1.29, 1.82) is 0 Å². The van der Waals surface area contributed by atoms with Crippen molar-refractivity contribution in [3.8, 4) is 5.75 Å². The lowest BCUT2D eigenvalue weighted by Crippen LogP contribution is -2.32. The number of nitrogens with two attached hydrogens (primary N) is 1. The first-order valence-electron chi connectivity index (χ1n) is 12.4. The minimum Gasteiger partial charge on any atom is -0.490 e. The van der Waals surface area contributed by atoms with Crippen LogP contribution in [0.2, 0.25) is 5.02 Å². The standard InChI is InChI=1S/C26H32ClFN5O3Si/c1-14(2)36-22-17(26(4,37)25-32-15(3)21-23(29)30-9-10-33(21)25)13-18(27)20(28)19(22)24(34)31-8-5-16-6-11-35-12-7-16/h9-10,13-14,16H,5-8,11-12H2,1-4H3,(H2,29,30)(H,31,34)/t26-/m0/s1. The van der Waals surface area contributed by atoms with Gasteiger partial charge in [0.25, 0.3) is 5.91 Å². The van der Waals surface area contributed by atoms with Crippen LogP contribution >= 0.6 is 11.6 Å². The number of aromatic nitrogens is 3. The molecule has 3 aromatic rings. The molecule has 11 heteroatoms. The Morgan fingerprint density at radius 2 is 2.14 bits per heavy atom. The Morgan fingerprint density at radius 3 is 2.81 bits per heavy atom. The van der Waals surface area contributed by atoms with Crippen LogP contribution in [0, 0.1) is 18.7 Å². The van der Waals surface area contributed by atoms with Crippen molar-refractivity contribution >= 4 is 39.1 Å². The number of nitrogens with one attached hydrogen (secondary N) is 1. The zero-order valence-electron chi connectivity index (χ0n) is 21.5. The largest absolute Gasteiger partial charge is 0.490 e. The third-order valence-electron chi connectivity index (χ3n) is 6.67. The van der Waals surface area contributed by atoms with E-state index in [1.807, 2.05) is 32.1 Å². The average molecular weight is 545 g/mol. The van der Waals surface area contributed by atoms with Crippen LogP contribution < -0.4 is 15.8 Å². The minimum atomic E-state index is -1.04. The molecule has 8 nitrogen and oxygen atoms in total. The maximum absolute atomic E-state index is 15.5. The Hall–Kier alpha value is -2.69. The van der Waals surface area contributed by atoms with Gasteiger partial charge in [-0.2, -0.15) is 0 Å². The van der Waals surface area contributed by atoms with Crippen LogP contribution in [0.25, 0.3) is 5.52 Å². The number of ether oxygens (including phenoxy) is 2. The van der Waals surface area contributed by atoms with Gasteiger partial charge < -0.3 is 20.5 Å². The molecule has 1 aliphatic rings. The average Bonchev–Trinajstić information content (AvgIpc) is 3.20. The zero-order valence-corrected chi connectivity index (χ0v) is 23.3. The van der Waals surface area contributed by atoms with Gasteiger partial charge in [-0.15, -0.1) is 0 Å². The summed E-state index contributed by atoms with van der Waals surface area (Å²) >= 11 is 6.37. The summed E-state index contributed by atoms with van der Waals surface area (Å²) in [5, 5.41) is 1.64. The topological polar surface area (TPSA) is 104 Å². The van der Waals surface area contributed by atoms with E-state index < -0.39 is 16.8 Å². The highest BCUT2D eigenvalue weighted by molar-refractivity contribution is 6.31. The normalized spacial score (nSPS) is 16.2. The highest BCUT2D eigenvalue weighted by Crippen LogP contribution is 2.42. The van der Waals surface area contributed by atoms with E-state index in [4.69, 9.17) is 31.8 Å². The summed E-state index contributed by atoms with van der Waals surface area (Å²) in [7, 11) is 3.86. The maximum atomic E-state index is 15.5. The molecule has 0 aliphatic carbocycles. The number of nitrogen functional groups attached to an aromatic ring is 1. The fourth-order valence-electron chi connectivity index (χ4n) is 4.77. The van der Waals surface area contributed by atoms with Gasteiger partial charge in [0.1, 0.15) is 28.5 Å². The van der Waals surface area contributed by atoms with E-state index in [1.54, 1.807) is 12.4 Å². The van der Waals surface area contributed by atoms with E-state index in [-0.39, 0.29) is 22.4 Å². The van der Waals surface area contributed by atoms with Gasteiger partial charge in [0.05, 0.1) is 16.8 Å². The molecule has 2 aromatic heterocycles. The number of rotatable bonds is 8. The fourth-order valence-corrected chi connectivity index (χ4v) is 5.34. The maximum Gasteiger partial charge on any atom is 0.258 e. The van der Waals surface area contributed by atoms with Gasteiger partial charge in [0, 0.05) is 53.0 Å². The summed E-state index contributed by atoms with van der Waals surface area (Å²) in [5.41, 5.74) is 7.68. The number of fused-ring (bicyclic) bond motifs is 1. The first-order chi connectivity index (χ1) is 17.5. The summed E-state index contributed by atoms with van der Waals surface area (Å²) in [6.07, 6.45) is 5.68. The molecule has 37 heavy (non-hydrogen) atoms. The Morgan fingerprint density at radius 1 is 1.43 bits per heavy atom. The lowest BCUT2D eigenvalue weighted by Gasteiger charge is -2.29. The first-order valence-corrected chi connectivity index (χ1v) is 13.3. The van der Waals surface area contributed by atoms with E-state index in [0.29, 0.717) is 40.9 Å². The first kappa shape index (κ1) is 27.3. The third kappa shape index (κ3) is 5.46.